The van der Waals surface area contributed by atoms with E-state index in [2.05, 4.69) is 30.4 Å². The van der Waals surface area contributed by atoms with Crippen LogP contribution >= 0.6 is 0 Å². The summed E-state index contributed by atoms with van der Waals surface area (Å²) in [6.07, 6.45) is 3.62. The van der Waals surface area contributed by atoms with Crippen molar-refractivity contribution in [1.82, 2.24) is 15.0 Å². The summed E-state index contributed by atoms with van der Waals surface area (Å²) in [4.78, 5) is 39.0. The zero-order valence-electron chi connectivity index (χ0n) is 20.8. The monoisotopic (exact) mass is 535 g/mol. The Morgan fingerprint density at radius 1 is 0.897 bits per heavy atom. The number of nitrogens with one attached hydrogen (secondary N) is 1. The number of rotatable bonds is 9. The van der Waals surface area contributed by atoms with Gasteiger partial charge >= 0.3 is 5.69 Å². The Bertz CT molecular complexity index is 1390. The first-order chi connectivity index (χ1) is 19.0. The fraction of sp³-hybridized carbons (Fsp3) is 0.333. The maximum atomic E-state index is 11.5. The van der Waals surface area contributed by atoms with Gasteiger partial charge in [0, 0.05) is 37.8 Å². The highest BCUT2D eigenvalue weighted by Gasteiger charge is 2.23. The number of ether oxygens (including phenoxy) is 2. The molecule has 0 aliphatic carbocycles. The molecule has 3 heterocycles. The molecule has 0 unspecified atom stereocenters. The molecule has 2 fully saturated rings. The number of non-ortho nitro benzene ring substituents is 1. The van der Waals surface area contributed by atoms with Crippen molar-refractivity contribution in [1.29, 1.82) is 0 Å². The van der Waals surface area contributed by atoms with Crippen LogP contribution in [-0.2, 0) is 4.74 Å². The number of morpholine rings is 1. The summed E-state index contributed by atoms with van der Waals surface area (Å²) in [5.74, 6) is 1.52. The maximum absolute atomic E-state index is 11.5. The summed E-state index contributed by atoms with van der Waals surface area (Å²) in [7, 11) is 0. The molecule has 2 aliphatic heterocycles. The van der Waals surface area contributed by atoms with E-state index < -0.39 is 21.2 Å². The van der Waals surface area contributed by atoms with Crippen LogP contribution in [0.25, 0.3) is 0 Å². The highest BCUT2D eigenvalue weighted by atomic mass is 16.6. The van der Waals surface area contributed by atoms with Crippen molar-refractivity contribution in [3.05, 3.63) is 68.3 Å². The molecule has 202 valence electrons. The third-order valence-electron chi connectivity index (χ3n) is 6.15. The second-order valence-corrected chi connectivity index (χ2v) is 8.73. The quantitative estimate of drug-likeness (QED) is 0.241. The molecule has 0 saturated carbocycles. The number of hydrogen-bond acceptors (Lipinski definition) is 13. The molecule has 2 aromatic carbocycles. The molecule has 0 bridgehead atoms. The minimum absolute atomic E-state index is 0.137. The molecular formula is C24H25N9O6. The van der Waals surface area contributed by atoms with E-state index in [1.54, 1.807) is 24.3 Å². The van der Waals surface area contributed by atoms with Crippen LogP contribution in [0.15, 0.2) is 47.6 Å². The highest BCUT2D eigenvalue weighted by Crippen LogP contribution is 2.35. The molecule has 2 saturated heterocycles. The first kappa shape index (κ1) is 25.7. The van der Waals surface area contributed by atoms with Gasteiger partial charge in [-0.2, -0.15) is 20.1 Å². The average Bonchev–Trinajstić information content (AvgIpc) is 3.50. The van der Waals surface area contributed by atoms with E-state index in [-0.39, 0.29) is 17.4 Å². The Hall–Kier alpha value is -4.92. The zero-order valence-corrected chi connectivity index (χ0v) is 20.8. The van der Waals surface area contributed by atoms with Gasteiger partial charge in [-0.25, -0.2) is 5.43 Å². The van der Waals surface area contributed by atoms with E-state index in [4.69, 9.17) is 9.47 Å². The molecule has 0 spiro atoms. The van der Waals surface area contributed by atoms with Gasteiger partial charge in [0.05, 0.1) is 35.3 Å². The van der Waals surface area contributed by atoms with Gasteiger partial charge in [-0.15, -0.1) is 0 Å². The maximum Gasteiger partial charge on any atom is 0.318 e. The van der Waals surface area contributed by atoms with Gasteiger partial charge in [0.15, 0.2) is 0 Å². The van der Waals surface area contributed by atoms with Gasteiger partial charge in [0.25, 0.3) is 5.69 Å². The number of nitro benzene ring substituents is 2. The number of benzene rings is 2. The molecule has 0 atom stereocenters. The Balaban J connectivity index is 1.37. The Kier molecular flexibility index (Phi) is 7.68. The van der Waals surface area contributed by atoms with E-state index in [0.29, 0.717) is 43.8 Å². The van der Waals surface area contributed by atoms with Crippen molar-refractivity contribution in [2.45, 2.75) is 12.8 Å². The first-order valence-corrected chi connectivity index (χ1v) is 12.3. The molecule has 2 aliphatic rings. The van der Waals surface area contributed by atoms with Crippen molar-refractivity contribution in [3.8, 4) is 11.5 Å². The largest absolute Gasteiger partial charge is 0.449 e. The SMILES string of the molecule is O=[N+]([O-])c1ccc(Oc2ccccc2/C=N\Nc2nc(N3CCCC3)nc(N3CCOCC3)n2)c([N+](=O)[O-])c1. The van der Waals surface area contributed by atoms with Crippen LogP contribution in [-0.4, -0.2) is 70.4 Å². The summed E-state index contributed by atoms with van der Waals surface area (Å²) in [5.41, 5.74) is 2.43. The molecule has 15 heteroatoms. The van der Waals surface area contributed by atoms with E-state index >= 15 is 0 Å². The number of hydrogen-bond donors (Lipinski definition) is 1. The Morgan fingerprint density at radius 2 is 1.59 bits per heavy atom. The van der Waals surface area contributed by atoms with Crippen LogP contribution in [0.5, 0.6) is 11.5 Å². The molecular weight excluding hydrogens is 510 g/mol. The predicted molar refractivity (Wildman–Crippen MR) is 142 cm³/mol. The van der Waals surface area contributed by atoms with Gasteiger partial charge in [0.1, 0.15) is 5.75 Å². The van der Waals surface area contributed by atoms with Crippen LogP contribution in [0.1, 0.15) is 18.4 Å². The van der Waals surface area contributed by atoms with Gasteiger partial charge < -0.3 is 19.3 Å². The van der Waals surface area contributed by atoms with Crippen LogP contribution in [0.3, 0.4) is 0 Å². The van der Waals surface area contributed by atoms with Crippen LogP contribution < -0.4 is 20.0 Å². The number of anilines is 3. The number of aromatic nitrogens is 3. The second-order valence-electron chi connectivity index (χ2n) is 8.73. The van der Waals surface area contributed by atoms with Crippen molar-refractivity contribution in [3.63, 3.8) is 0 Å². The summed E-state index contributed by atoms with van der Waals surface area (Å²) in [5, 5.41) is 26.8. The van der Waals surface area contributed by atoms with Crippen LogP contribution in [0, 0.1) is 20.2 Å². The van der Waals surface area contributed by atoms with Crippen LogP contribution in [0.2, 0.25) is 0 Å². The Morgan fingerprint density at radius 3 is 2.28 bits per heavy atom. The molecule has 3 aromatic rings. The van der Waals surface area contributed by atoms with Crippen molar-refractivity contribution in [2.24, 2.45) is 5.10 Å². The Labute approximate surface area is 222 Å². The second kappa shape index (κ2) is 11.6. The first-order valence-electron chi connectivity index (χ1n) is 12.3. The smallest absolute Gasteiger partial charge is 0.318 e. The number of nitro groups is 2. The topological polar surface area (TPSA) is 174 Å². The lowest BCUT2D eigenvalue weighted by Crippen LogP contribution is -2.38. The molecule has 5 rings (SSSR count). The molecule has 0 amide bonds. The average molecular weight is 536 g/mol. The van der Waals surface area contributed by atoms with E-state index in [0.717, 1.165) is 38.1 Å². The van der Waals surface area contributed by atoms with Gasteiger partial charge in [0.2, 0.25) is 23.6 Å². The normalized spacial score (nSPS) is 15.5. The van der Waals surface area contributed by atoms with Crippen molar-refractivity contribution < 1.29 is 19.3 Å². The molecule has 1 N–H and O–H groups in total. The number of nitrogens with zero attached hydrogens (tertiary/aromatic N) is 8. The summed E-state index contributed by atoms with van der Waals surface area (Å²) in [6, 6.07) is 9.96. The molecule has 15 nitrogen and oxygen atoms in total. The lowest BCUT2D eigenvalue weighted by atomic mass is 10.2. The zero-order chi connectivity index (χ0) is 27.2. The number of para-hydroxylation sites is 1. The van der Waals surface area contributed by atoms with Gasteiger partial charge in [-0.3, -0.25) is 20.2 Å². The van der Waals surface area contributed by atoms with Gasteiger partial charge in [-0.05, 0) is 31.0 Å². The summed E-state index contributed by atoms with van der Waals surface area (Å²) < 4.78 is 11.2. The third-order valence-corrected chi connectivity index (χ3v) is 6.15. The minimum Gasteiger partial charge on any atom is -0.449 e. The lowest BCUT2D eigenvalue weighted by Gasteiger charge is -2.27. The van der Waals surface area contributed by atoms with Crippen molar-refractivity contribution in [2.75, 3.05) is 54.6 Å². The fourth-order valence-electron chi connectivity index (χ4n) is 4.17. The summed E-state index contributed by atoms with van der Waals surface area (Å²) >= 11 is 0. The molecule has 1 aromatic heterocycles. The number of hydrazone groups is 1. The van der Waals surface area contributed by atoms with Crippen molar-refractivity contribution >= 4 is 35.4 Å². The minimum atomic E-state index is -0.731. The lowest BCUT2D eigenvalue weighted by molar-refractivity contribution is -0.394. The highest BCUT2D eigenvalue weighted by molar-refractivity contribution is 5.84. The molecule has 0 radical (unpaired) electrons. The standard InChI is InChI=1S/C24H25N9O6/c34-32(35)18-7-8-21(19(15-18)33(36)37)39-20-6-2-1-5-17(20)16-25-29-22-26-23(30-9-3-4-10-30)28-24(27-22)31-11-13-38-14-12-31/h1-2,5-8,15-16H,3-4,9-14H2,(H,26,27,28,29)/b25-16-. The molecule has 39 heavy (non-hydrogen) atoms. The van der Waals surface area contributed by atoms with E-state index in [1.807, 2.05) is 4.90 Å². The van der Waals surface area contributed by atoms with E-state index in [9.17, 15) is 20.2 Å². The van der Waals surface area contributed by atoms with E-state index in [1.165, 1.54) is 12.3 Å². The van der Waals surface area contributed by atoms with Gasteiger partial charge in [-0.1, -0.05) is 12.1 Å². The summed E-state index contributed by atoms with van der Waals surface area (Å²) in [6.45, 7) is 4.27. The van der Waals surface area contributed by atoms with Crippen LogP contribution in [0.4, 0.5) is 29.2 Å². The fourth-order valence-corrected chi connectivity index (χ4v) is 4.17. The predicted octanol–water partition coefficient (Wildman–Crippen LogP) is 3.36. The third kappa shape index (κ3) is 6.15.